The molecule has 1 N–H and O–H groups in total. The van der Waals surface area contributed by atoms with Gasteiger partial charge in [-0.3, -0.25) is 9.69 Å². The van der Waals surface area contributed by atoms with Crippen LogP contribution in [0.15, 0.2) is 54.7 Å². The molecular weight excluding hydrogens is 456 g/mol. The molecule has 1 fully saturated rings. The lowest BCUT2D eigenvalue weighted by atomic mass is 10.1. The van der Waals surface area contributed by atoms with E-state index < -0.39 is 5.97 Å². The number of amides is 1. The van der Waals surface area contributed by atoms with Crippen LogP contribution in [0.5, 0.6) is 0 Å². The van der Waals surface area contributed by atoms with Crippen LogP contribution in [0.4, 0.5) is 0 Å². The molecule has 1 aromatic heterocycles. The first-order chi connectivity index (χ1) is 17.3. The lowest BCUT2D eigenvalue weighted by molar-refractivity contribution is -0.0704. The van der Waals surface area contributed by atoms with Crippen molar-refractivity contribution in [3.8, 4) is 5.69 Å². The molecule has 0 saturated carbocycles. The molecule has 2 aromatic carbocycles. The van der Waals surface area contributed by atoms with Crippen LogP contribution in [0.3, 0.4) is 0 Å². The molecule has 1 amide bonds. The number of aromatic nitrogens is 2. The molecule has 1 aliphatic rings. The predicted octanol–water partition coefficient (Wildman–Crippen LogP) is 3.90. The highest BCUT2D eigenvalue weighted by molar-refractivity contribution is 5.94. The first-order valence-corrected chi connectivity index (χ1v) is 12.4. The highest BCUT2D eigenvalue weighted by Crippen LogP contribution is 2.17. The van der Waals surface area contributed by atoms with Gasteiger partial charge in [-0.15, -0.1) is 0 Å². The summed E-state index contributed by atoms with van der Waals surface area (Å²) < 4.78 is 12.5. The van der Waals surface area contributed by atoms with Gasteiger partial charge >= 0.3 is 5.97 Å². The Hall–Kier alpha value is -3.49. The number of rotatable bonds is 8. The van der Waals surface area contributed by atoms with Crippen molar-refractivity contribution < 1.29 is 19.1 Å². The summed E-state index contributed by atoms with van der Waals surface area (Å²) in [6, 6.07) is 15.5. The third-order valence-electron chi connectivity index (χ3n) is 6.26. The van der Waals surface area contributed by atoms with E-state index in [9.17, 15) is 9.59 Å². The van der Waals surface area contributed by atoms with Crippen LogP contribution in [0.1, 0.15) is 58.3 Å². The Labute approximate surface area is 212 Å². The summed E-state index contributed by atoms with van der Waals surface area (Å²) in [5.74, 6) is -0.540. The van der Waals surface area contributed by atoms with Gasteiger partial charge in [-0.05, 0) is 63.1 Å². The second kappa shape index (κ2) is 11.5. The normalized spacial score (nSPS) is 18.1. The second-order valence-electron chi connectivity index (χ2n) is 9.27. The van der Waals surface area contributed by atoms with Crippen molar-refractivity contribution in [3.63, 3.8) is 0 Å². The number of carbonyl (C=O) groups excluding carboxylic acids is 2. The van der Waals surface area contributed by atoms with Crippen molar-refractivity contribution in [3.05, 3.63) is 82.7 Å². The molecule has 3 aromatic rings. The van der Waals surface area contributed by atoms with E-state index in [1.807, 2.05) is 19.1 Å². The number of nitrogens with zero attached hydrogens (tertiary/aromatic N) is 3. The Bertz CT molecular complexity index is 1180. The number of ether oxygens (including phenoxy) is 2. The number of hydrogen-bond acceptors (Lipinski definition) is 6. The summed E-state index contributed by atoms with van der Waals surface area (Å²) in [7, 11) is 0. The first-order valence-electron chi connectivity index (χ1n) is 12.4. The maximum Gasteiger partial charge on any atom is 0.341 e. The standard InChI is InChI=1S/C28H34N4O4/c1-5-35-28(34)26-15-30-32(21(26)4)25-12-10-24(11-13-25)27(33)29-14-22-6-8-23(9-7-22)18-31-16-19(2)36-20(3)17-31/h6-13,15,19-20H,5,14,16-18H2,1-4H3,(H,29,33). The van der Waals surface area contributed by atoms with Crippen LogP contribution in [0, 0.1) is 6.92 Å². The molecule has 36 heavy (non-hydrogen) atoms. The Morgan fingerprint density at radius 1 is 1.03 bits per heavy atom. The molecule has 8 nitrogen and oxygen atoms in total. The molecule has 190 valence electrons. The van der Waals surface area contributed by atoms with Crippen LogP contribution in [0.2, 0.25) is 0 Å². The average Bonchev–Trinajstić information content (AvgIpc) is 3.24. The van der Waals surface area contributed by atoms with Crippen LogP contribution in [-0.2, 0) is 22.6 Å². The maximum absolute atomic E-state index is 12.7. The summed E-state index contributed by atoms with van der Waals surface area (Å²) in [5.41, 5.74) is 4.74. The molecule has 2 unspecified atom stereocenters. The van der Waals surface area contributed by atoms with E-state index in [0.29, 0.717) is 30.0 Å². The second-order valence-corrected chi connectivity index (χ2v) is 9.27. The van der Waals surface area contributed by atoms with Crippen LogP contribution in [0.25, 0.3) is 5.69 Å². The van der Waals surface area contributed by atoms with Gasteiger partial charge in [0.2, 0.25) is 0 Å². The molecule has 0 bridgehead atoms. The molecule has 2 atom stereocenters. The van der Waals surface area contributed by atoms with Gasteiger partial charge < -0.3 is 14.8 Å². The van der Waals surface area contributed by atoms with Gasteiger partial charge in [-0.25, -0.2) is 9.48 Å². The third-order valence-corrected chi connectivity index (χ3v) is 6.26. The van der Waals surface area contributed by atoms with E-state index in [0.717, 1.165) is 30.9 Å². The number of esters is 1. The SMILES string of the molecule is CCOC(=O)c1cnn(-c2ccc(C(=O)NCc3ccc(CN4CC(C)OC(C)C4)cc3)cc2)c1C. The maximum atomic E-state index is 12.7. The zero-order valence-corrected chi connectivity index (χ0v) is 21.4. The fourth-order valence-corrected chi connectivity index (χ4v) is 4.55. The van der Waals surface area contributed by atoms with Gasteiger partial charge in [-0.2, -0.15) is 5.10 Å². The zero-order valence-electron chi connectivity index (χ0n) is 21.4. The molecule has 0 radical (unpaired) electrons. The van der Waals surface area contributed by atoms with Crippen molar-refractivity contribution in [2.45, 2.75) is 53.0 Å². The lowest BCUT2D eigenvalue weighted by Crippen LogP contribution is -2.44. The third kappa shape index (κ3) is 6.19. The number of morpholine rings is 1. The molecule has 2 heterocycles. The summed E-state index contributed by atoms with van der Waals surface area (Å²) in [4.78, 5) is 27.1. The quantitative estimate of drug-likeness (QED) is 0.482. The first kappa shape index (κ1) is 25.6. The fourth-order valence-electron chi connectivity index (χ4n) is 4.55. The van der Waals surface area contributed by atoms with E-state index in [2.05, 4.69) is 53.4 Å². The van der Waals surface area contributed by atoms with Gasteiger partial charge in [0.15, 0.2) is 0 Å². The Morgan fingerprint density at radius 2 is 1.67 bits per heavy atom. The van der Waals surface area contributed by atoms with Gasteiger partial charge in [0, 0.05) is 31.7 Å². The summed E-state index contributed by atoms with van der Waals surface area (Å²) in [6.07, 6.45) is 2.01. The smallest absolute Gasteiger partial charge is 0.341 e. The van der Waals surface area contributed by atoms with Gasteiger partial charge in [0.1, 0.15) is 5.56 Å². The number of carbonyl (C=O) groups is 2. The largest absolute Gasteiger partial charge is 0.462 e. The van der Waals surface area contributed by atoms with E-state index >= 15 is 0 Å². The van der Waals surface area contributed by atoms with Crippen molar-refractivity contribution in [1.82, 2.24) is 20.0 Å². The summed E-state index contributed by atoms with van der Waals surface area (Å²) in [6.45, 7) is 11.3. The zero-order chi connectivity index (χ0) is 25.7. The minimum Gasteiger partial charge on any atom is -0.462 e. The molecular formula is C28H34N4O4. The summed E-state index contributed by atoms with van der Waals surface area (Å²) in [5, 5.41) is 7.28. The number of hydrogen-bond donors (Lipinski definition) is 1. The molecule has 0 aliphatic carbocycles. The van der Waals surface area contributed by atoms with Crippen molar-refractivity contribution in [2.75, 3.05) is 19.7 Å². The van der Waals surface area contributed by atoms with Crippen LogP contribution in [-0.4, -0.2) is 58.5 Å². The van der Waals surface area contributed by atoms with Gasteiger partial charge in [-0.1, -0.05) is 24.3 Å². The van der Waals surface area contributed by atoms with Gasteiger partial charge in [0.05, 0.1) is 36.4 Å². The Morgan fingerprint density at radius 3 is 2.31 bits per heavy atom. The monoisotopic (exact) mass is 490 g/mol. The van der Waals surface area contributed by atoms with Crippen molar-refractivity contribution in [2.24, 2.45) is 0 Å². The van der Waals surface area contributed by atoms with E-state index in [-0.39, 0.29) is 18.1 Å². The summed E-state index contributed by atoms with van der Waals surface area (Å²) >= 11 is 0. The van der Waals surface area contributed by atoms with E-state index in [1.165, 1.54) is 11.8 Å². The Kier molecular flexibility index (Phi) is 8.18. The molecule has 1 saturated heterocycles. The highest BCUT2D eigenvalue weighted by Gasteiger charge is 2.22. The highest BCUT2D eigenvalue weighted by atomic mass is 16.5. The van der Waals surface area contributed by atoms with Crippen molar-refractivity contribution in [1.29, 1.82) is 0 Å². The van der Waals surface area contributed by atoms with Crippen LogP contribution >= 0.6 is 0 Å². The number of nitrogens with one attached hydrogen (secondary N) is 1. The fraction of sp³-hybridized carbons (Fsp3) is 0.393. The van der Waals surface area contributed by atoms with E-state index in [4.69, 9.17) is 9.47 Å². The lowest BCUT2D eigenvalue weighted by Gasteiger charge is -2.35. The van der Waals surface area contributed by atoms with E-state index in [1.54, 1.807) is 23.7 Å². The minimum absolute atomic E-state index is 0.147. The van der Waals surface area contributed by atoms with Crippen molar-refractivity contribution >= 4 is 11.9 Å². The van der Waals surface area contributed by atoms with Gasteiger partial charge in [0.25, 0.3) is 5.91 Å². The Balaban J connectivity index is 1.31. The number of benzene rings is 2. The topological polar surface area (TPSA) is 85.7 Å². The molecule has 8 heteroatoms. The molecule has 4 rings (SSSR count). The predicted molar refractivity (Wildman–Crippen MR) is 137 cm³/mol. The average molecular weight is 491 g/mol. The molecule has 0 spiro atoms. The van der Waals surface area contributed by atoms with Crippen LogP contribution < -0.4 is 5.32 Å². The molecule has 1 aliphatic heterocycles. The minimum atomic E-state index is -0.393.